The van der Waals surface area contributed by atoms with Crippen LogP contribution < -0.4 is 0 Å². The molecule has 0 saturated heterocycles. The summed E-state index contributed by atoms with van der Waals surface area (Å²) in [5.41, 5.74) is 1.23. The molecule has 0 saturated carbocycles. The minimum atomic E-state index is -1.05. The van der Waals surface area contributed by atoms with Crippen LogP contribution >= 0.6 is 23.2 Å². The van der Waals surface area contributed by atoms with Crippen LogP contribution in [-0.2, 0) is 0 Å². The fourth-order valence-electron chi connectivity index (χ4n) is 2.06. The Balaban J connectivity index is 2.22. The zero-order valence-electron chi connectivity index (χ0n) is 10.1. The third-order valence-corrected chi connectivity index (χ3v) is 3.43. The third kappa shape index (κ3) is 2.26. The second-order valence-corrected chi connectivity index (χ2v) is 5.16. The number of benzene rings is 2. The van der Waals surface area contributed by atoms with Crippen molar-refractivity contribution in [1.29, 1.82) is 0 Å². The quantitative estimate of drug-likeness (QED) is 0.716. The molecule has 3 rings (SSSR count). The van der Waals surface area contributed by atoms with Crippen molar-refractivity contribution in [2.45, 2.75) is 0 Å². The maximum absolute atomic E-state index is 11.3. The highest BCUT2D eigenvalue weighted by Crippen LogP contribution is 2.32. The molecule has 0 spiro atoms. The second-order valence-electron chi connectivity index (χ2n) is 4.29. The van der Waals surface area contributed by atoms with Crippen molar-refractivity contribution in [2.24, 2.45) is 0 Å². The summed E-state index contributed by atoms with van der Waals surface area (Å²) in [6, 6.07) is 11.7. The number of aromatic carboxylic acids is 1. The topological polar surface area (TPSA) is 50.4 Å². The van der Waals surface area contributed by atoms with Gasteiger partial charge in [-0.15, -0.1) is 0 Å². The molecule has 0 aliphatic carbocycles. The number of fused-ring (bicyclic) bond motifs is 1. The molecule has 0 bridgehead atoms. The van der Waals surface area contributed by atoms with Gasteiger partial charge in [0.25, 0.3) is 0 Å². The average Bonchev–Trinajstić information content (AvgIpc) is 2.81. The van der Waals surface area contributed by atoms with E-state index in [0.717, 1.165) is 5.39 Å². The third-order valence-electron chi connectivity index (χ3n) is 2.96. The van der Waals surface area contributed by atoms with Crippen LogP contribution in [0.1, 0.15) is 10.4 Å². The second kappa shape index (κ2) is 4.85. The normalized spacial score (nSPS) is 10.9. The van der Waals surface area contributed by atoms with E-state index in [1.807, 2.05) is 0 Å². The summed E-state index contributed by atoms with van der Waals surface area (Å²) in [4.78, 5) is 11.3. The van der Waals surface area contributed by atoms with E-state index in [1.54, 1.807) is 36.4 Å². The Bertz CT molecular complexity index is 821. The maximum Gasteiger partial charge on any atom is 0.336 e. The highest BCUT2D eigenvalue weighted by molar-refractivity contribution is 6.31. The van der Waals surface area contributed by atoms with Crippen LogP contribution in [0.4, 0.5) is 0 Å². The molecule has 2 aromatic carbocycles. The molecule has 20 heavy (non-hydrogen) atoms. The summed E-state index contributed by atoms with van der Waals surface area (Å²) in [6.45, 7) is 0. The Morgan fingerprint density at radius 1 is 1.00 bits per heavy atom. The summed E-state index contributed by atoms with van der Waals surface area (Å²) in [5, 5.41) is 11.0. The summed E-state index contributed by atoms with van der Waals surface area (Å²) in [6.07, 6.45) is 0. The molecule has 1 N–H and O–H groups in total. The lowest BCUT2D eigenvalue weighted by molar-refractivity contribution is 0.0697. The molecule has 100 valence electrons. The molecular formula is C15H8Cl2O3. The predicted octanol–water partition coefficient (Wildman–Crippen LogP) is 5.10. The average molecular weight is 307 g/mol. The van der Waals surface area contributed by atoms with Gasteiger partial charge >= 0.3 is 5.97 Å². The van der Waals surface area contributed by atoms with Crippen molar-refractivity contribution in [1.82, 2.24) is 0 Å². The summed E-state index contributed by atoms with van der Waals surface area (Å²) in [5.74, 6) is -0.586. The van der Waals surface area contributed by atoms with Crippen LogP contribution in [0.5, 0.6) is 0 Å². The van der Waals surface area contributed by atoms with Crippen LogP contribution in [0.3, 0.4) is 0 Å². The largest absolute Gasteiger partial charge is 0.478 e. The van der Waals surface area contributed by atoms with Gasteiger partial charge in [0.2, 0.25) is 0 Å². The molecule has 0 radical (unpaired) electrons. The zero-order chi connectivity index (χ0) is 14.3. The van der Waals surface area contributed by atoms with Gasteiger partial charge in [-0.2, -0.15) is 0 Å². The molecule has 5 heteroatoms. The smallest absolute Gasteiger partial charge is 0.336 e. The first kappa shape index (κ1) is 13.0. The van der Waals surface area contributed by atoms with Gasteiger partial charge in [-0.25, -0.2) is 4.79 Å². The van der Waals surface area contributed by atoms with Gasteiger partial charge in [0, 0.05) is 21.0 Å². The molecule has 0 atom stereocenters. The summed E-state index contributed by atoms with van der Waals surface area (Å²) in [7, 11) is 0. The predicted molar refractivity (Wildman–Crippen MR) is 78.6 cm³/mol. The van der Waals surface area contributed by atoms with Crippen LogP contribution in [0, 0.1) is 0 Å². The molecule has 3 aromatic rings. The van der Waals surface area contributed by atoms with Gasteiger partial charge in [-0.05, 0) is 42.5 Å². The Morgan fingerprint density at radius 2 is 1.70 bits per heavy atom. The van der Waals surface area contributed by atoms with Crippen LogP contribution in [0.25, 0.3) is 22.3 Å². The number of carboxylic acid groups (broad SMARTS) is 1. The number of rotatable bonds is 2. The van der Waals surface area contributed by atoms with Crippen molar-refractivity contribution in [2.75, 3.05) is 0 Å². The van der Waals surface area contributed by atoms with E-state index < -0.39 is 5.97 Å². The van der Waals surface area contributed by atoms with Gasteiger partial charge in [0.15, 0.2) is 0 Å². The van der Waals surface area contributed by atoms with E-state index in [2.05, 4.69) is 0 Å². The van der Waals surface area contributed by atoms with Gasteiger partial charge in [0.05, 0.1) is 5.56 Å². The minimum Gasteiger partial charge on any atom is -0.478 e. The summed E-state index contributed by atoms with van der Waals surface area (Å²) < 4.78 is 5.67. The zero-order valence-corrected chi connectivity index (χ0v) is 11.6. The number of furan rings is 1. The van der Waals surface area contributed by atoms with Crippen LogP contribution in [0.15, 0.2) is 46.9 Å². The Kier molecular flexibility index (Phi) is 3.16. The SMILES string of the molecule is O=C(O)c1cc(Cl)ccc1-c1cc2cc(Cl)ccc2o1. The first-order chi connectivity index (χ1) is 9.54. The standard InChI is InChI=1S/C15H8Cl2O3/c16-9-2-4-13-8(5-9)6-14(20-13)11-3-1-10(17)7-12(11)15(18)19/h1-7H,(H,18,19). The van der Waals surface area contributed by atoms with E-state index in [-0.39, 0.29) is 5.56 Å². The molecule has 0 aliphatic rings. The van der Waals surface area contributed by atoms with Gasteiger partial charge in [0.1, 0.15) is 11.3 Å². The maximum atomic E-state index is 11.3. The van der Waals surface area contributed by atoms with E-state index >= 15 is 0 Å². The fourth-order valence-corrected chi connectivity index (χ4v) is 2.41. The van der Waals surface area contributed by atoms with Crippen molar-refractivity contribution in [3.8, 4) is 11.3 Å². The first-order valence-corrected chi connectivity index (χ1v) is 6.52. The number of carboxylic acids is 1. The highest BCUT2D eigenvalue weighted by Gasteiger charge is 2.16. The van der Waals surface area contributed by atoms with E-state index in [9.17, 15) is 9.90 Å². The van der Waals surface area contributed by atoms with Crippen molar-refractivity contribution < 1.29 is 14.3 Å². The Labute approximate surface area is 124 Å². The van der Waals surface area contributed by atoms with Crippen LogP contribution in [-0.4, -0.2) is 11.1 Å². The monoisotopic (exact) mass is 306 g/mol. The molecule has 3 nitrogen and oxygen atoms in total. The first-order valence-electron chi connectivity index (χ1n) is 5.77. The molecular weight excluding hydrogens is 299 g/mol. The van der Waals surface area contributed by atoms with E-state index in [4.69, 9.17) is 27.6 Å². The van der Waals surface area contributed by atoms with Gasteiger partial charge in [-0.3, -0.25) is 0 Å². The van der Waals surface area contributed by atoms with E-state index in [0.29, 0.717) is 27.0 Å². The van der Waals surface area contributed by atoms with Gasteiger partial charge < -0.3 is 9.52 Å². The van der Waals surface area contributed by atoms with Crippen molar-refractivity contribution >= 4 is 40.1 Å². The Hall–Kier alpha value is -1.97. The van der Waals surface area contributed by atoms with Crippen molar-refractivity contribution in [3.63, 3.8) is 0 Å². The highest BCUT2D eigenvalue weighted by atomic mass is 35.5. The Morgan fingerprint density at radius 3 is 2.45 bits per heavy atom. The lowest BCUT2D eigenvalue weighted by Gasteiger charge is -2.03. The number of carbonyl (C=O) groups is 1. The number of halogens is 2. The fraction of sp³-hybridized carbons (Fsp3) is 0. The number of hydrogen-bond donors (Lipinski definition) is 1. The molecule has 1 aromatic heterocycles. The number of hydrogen-bond acceptors (Lipinski definition) is 2. The molecule has 0 aliphatic heterocycles. The van der Waals surface area contributed by atoms with Gasteiger partial charge in [-0.1, -0.05) is 23.2 Å². The lowest BCUT2D eigenvalue weighted by Crippen LogP contribution is -1.98. The summed E-state index contributed by atoms with van der Waals surface area (Å²) >= 11 is 11.8. The molecule has 0 unspecified atom stereocenters. The molecule has 1 heterocycles. The molecule has 0 amide bonds. The van der Waals surface area contributed by atoms with Crippen LogP contribution in [0.2, 0.25) is 10.0 Å². The lowest BCUT2D eigenvalue weighted by atomic mass is 10.1. The minimum absolute atomic E-state index is 0.0997. The van der Waals surface area contributed by atoms with E-state index in [1.165, 1.54) is 6.07 Å². The van der Waals surface area contributed by atoms with Crippen molar-refractivity contribution in [3.05, 3.63) is 58.1 Å². The molecule has 0 fully saturated rings.